The van der Waals surface area contributed by atoms with E-state index >= 15 is 0 Å². The van der Waals surface area contributed by atoms with Crippen molar-refractivity contribution in [1.82, 2.24) is 5.43 Å². The van der Waals surface area contributed by atoms with Crippen molar-refractivity contribution >= 4 is 34.0 Å². The van der Waals surface area contributed by atoms with Crippen molar-refractivity contribution in [2.45, 2.75) is 0 Å². The predicted molar refractivity (Wildman–Crippen MR) is 127 cm³/mol. The molecule has 0 unspecified atom stereocenters. The van der Waals surface area contributed by atoms with E-state index in [9.17, 15) is 9.59 Å². The zero-order chi connectivity index (χ0) is 23.8. The van der Waals surface area contributed by atoms with E-state index in [4.69, 9.17) is 18.9 Å². The molecule has 0 aromatic heterocycles. The third-order valence-corrected chi connectivity index (χ3v) is 5.16. The van der Waals surface area contributed by atoms with Gasteiger partial charge < -0.3 is 18.9 Å². The quantitative estimate of drug-likeness (QED) is 0.207. The molecule has 0 aliphatic carbocycles. The largest absolute Gasteiger partial charge is 0.493 e. The monoisotopic (exact) mass is 512 g/mol. The first-order valence-corrected chi connectivity index (χ1v) is 10.5. The van der Waals surface area contributed by atoms with Crippen LogP contribution >= 0.6 is 15.9 Å². The summed E-state index contributed by atoms with van der Waals surface area (Å²) >= 11 is 3.33. The van der Waals surface area contributed by atoms with Gasteiger partial charge in [0.25, 0.3) is 5.91 Å². The number of methoxy groups -OCH3 is 3. The second kappa shape index (κ2) is 11.1. The molecule has 1 N–H and O–H groups in total. The van der Waals surface area contributed by atoms with E-state index in [0.29, 0.717) is 38.6 Å². The number of benzene rings is 3. The number of hydrogen-bond donors (Lipinski definition) is 1. The van der Waals surface area contributed by atoms with E-state index in [1.807, 2.05) is 6.07 Å². The van der Waals surface area contributed by atoms with Gasteiger partial charge in [0.1, 0.15) is 5.75 Å². The second-order valence-electron chi connectivity index (χ2n) is 6.55. The van der Waals surface area contributed by atoms with Gasteiger partial charge in [-0.15, -0.1) is 0 Å². The predicted octanol–water partition coefficient (Wildman–Crippen LogP) is 4.46. The first kappa shape index (κ1) is 23.8. The van der Waals surface area contributed by atoms with Crippen molar-refractivity contribution in [2.75, 3.05) is 21.3 Å². The lowest BCUT2D eigenvalue weighted by atomic mass is 10.1. The molecule has 0 aliphatic rings. The molecule has 0 saturated heterocycles. The number of rotatable bonds is 8. The Bertz CT molecular complexity index is 1170. The van der Waals surface area contributed by atoms with E-state index in [2.05, 4.69) is 26.5 Å². The highest BCUT2D eigenvalue weighted by atomic mass is 79.9. The number of amides is 1. The molecule has 3 rings (SSSR count). The highest BCUT2D eigenvalue weighted by Crippen LogP contribution is 2.38. The topological polar surface area (TPSA) is 95.5 Å². The molecule has 0 spiro atoms. The zero-order valence-electron chi connectivity index (χ0n) is 18.1. The number of carbonyl (C=O) groups excluding carboxylic acids is 2. The van der Waals surface area contributed by atoms with Crippen LogP contribution < -0.4 is 24.4 Å². The Labute approximate surface area is 199 Å². The maximum Gasteiger partial charge on any atom is 0.343 e. The molecule has 0 heterocycles. The first-order valence-electron chi connectivity index (χ1n) is 9.67. The van der Waals surface area contributed by atoms with Crippen molar-refractivity contribution in [3.63, 3.8) is 0 Å². The minimum atomic E-state index is -0.606. The molecule has 9 heteroatoms. The van der Waals surface area contributed by atoms with E-state index in [-0.39, 0.29) is 11.5 Å². The van der Waals surface area contributed by atoms with Crippen LogP contribution in [0.4, 0.5) is 0 Å². The van der Waals surface area contributed by atoms with Crippen LogP contribution in [0.5, 0.6) is 23.0 Å². The molecule has 0 bridgehead atoms. The van der Waals surface area contributed by atoms with Crippen molar-refractivity contribution in [2.24, 2.45) is 5.10 Å². The molecular weight excluding hydrogens is 492 g/mol. The average Bonchev–Trinajstić information content (AvgIpc) is 2.83. The fraction of sp³-hybridized carbons (Fsp3) is 0.125. The van der Waals surface area contributed by atoms with Gasteiger partial charge in [0, 0.05) is 4.47 Å². The Morgan fingerprint density at radius 1 is 0.909 bits per heavy atom. The number of hydrazone groups is 1. The zero-order valence-corrected chi connectivity index (χ0v) is 19.7. The Morgan fingerprint density at radius 2 is 1.61 bits per heavy atom. The van der Waals surface area contributed by atoms with Crippen LogP contribution in [0.1, 0.15) is 26.3 Å². The summed E-state index contributed by atoms with van der Waals surface area (Å²) < 4.78 is 22.0. The standard InChI is InChI=1S/C24H21BrN2O6/c1-30-20-12-16(13-21(31-2)22(20)32-3)24(29)33-17-8-6-7-15(11-17)14-26-27-23(28)18-9-4-5-10-19(18)25/h4-14H,1-3H3,(H,27,28). The fourth-order valence-electron chi connectivity index (χ4n) is 2.89. The van der Waals surface area contributed by atoms with Crippen LogP contribution in [-0.4, -0.2) is 39.4 Å². The smallest absolute Gasteiger partial charge is 0.343 e. The van der Waals surface area contributed by atoms with Gasteiger partial charge in [0.2, 0.25) is 5.75 Å². The van der Waals surface area contributed by atoms with Gasteiger partial charge in [0.15, 0.2) is 11.5 Å². The summed E-state index contributed by atoms with van der Waals surface area (Å²) in [7, 11) is 4.40. The third-order valence-electron chi connectivity index (χ3n) is 4.47. The van der Waals surface area contributed by atoms with Crippen LogP contribution in [0.3, 0.4) is 0 Å². The number of carbonyl (C=O) groups is 2. The maximum atomic E-state index is 12.7. The minimum Gasteiger partial charge on any atom is -0.493 e. The third kappa shape index (κ3) is 5.89. The van der Waals surface area contributed by atoms with Crippen LogP contribution in [0.15, 0.2) is 70.2 Å². The van der Waals surface area contributed by atoms with Gasteiger partial charge in [-0.1, -0.05) is 24.3 Å². The second-order valence-corrected chi connectivity index (χ2v) is 7.41. The van der Waals surface area contributed by atoms with E-state index in [0.717, 1.165) is 0 Å². The lowest BCUT2D eigenvalue weighted by Crippen LogP contribution is -2.18. The molecule has 3 aromatic rings. The van der Waals surface area contributed by atoms with Crippen molar-refractivity contribution in [3.8, 4) is 23.0 Å². The van der Waals surface area contributed by atoms with Crippen LogP contribution in [0.2, 0.25) is 0 Å². The lowest BCUT2D eigenvalue weighted by molar-refractivity contribution is 0.0733. The summed E-state index contributed by atoms with van der Waals surface area (Å²) in [5, 5.41) is 3.97. The summed E-state index contributed by atoms with van der Waals surface area (Å²) in [5.41, 5.74) is 3.77. The number of halogens is 1. The molecular formula is C24H21BrN2O6. The SMILES string of the molecule is COc1cc(C(=O)Oc2cccc(C=NNC(=O)c3ccccc3Br)c2)cc(OC)c1OC. The maximum absolute atomic E-state index is 12.7. The summed E-state index contributed by atoms with van der Waals surface area (Å²) in [4.78, 5) is 24.9. The summed E-state index contributed by atoms with van der Waals surface area (Å²) in [6.45, 7) is 0. The van der Waals surface area contributed by atoms with Gasteiger partial charge in [0.05, 0.1) is 38.7 Å². The van der Waals surface area contributed by atoms with E-state index < -0.39 is 5.97 Å². The number of nitrogens with one attached hydrogen (secondary N) is 1. The van der Waals surface area contributed by atoms with Gasteiger partial charge in [-0.3, -0.25) is 4.79 Å². The number of nitrogens with zero attached hydrogens (tertiary/aromatic N) is 1. The lowest BCUT2D eigenvalue weighted by Gasteiger charge is -2.13. The van der Waals surface area contributed by atoms with Gasteiger partial charge in [-0.2, -0.15) is 5.10 Å². The summed E-state index contributed by atoms with van der Waals surface area (Å²) in [5.74, 6) is 0.388. The normalized spacial score (nSPS) is 10.5. The van der Waals surface area contributed by atoms with E-state index in [1.54, 1.807) is 42.5 Å². The van der Waals surface area contributed by atoms with Gasteiger partial charge >= 0.3 is 5.97 Å². The molecule has 0 saturated carbocycles. The molecule has 33 heavy (non-hydrogen) atoms. The van der Waals surface area contributed by atoms with E-state index in [1.165, 1.54) is 39.7 Å². The Kier molecular flexibility index (Phi) is 8.04. The van der Waals surface area contributed by atoms with Crippen molar-refractivity contribution in [3.05, 3.63) is 81.8 Å². The molecule has 3 aromatic carbocycles. The Morgan fingerprint density at radius 3 is 2.24 bits per heavy atom. The van der Waals surface area contributed by atoms with Crippen molar-refractivity contribution in [1.29, 1.82) is 0 Å². The molecule has 0 atom stereocenters. The van der Waals surface area contributed by atoms with Crippen LogP contribution in [-0.2, 0) is 0 Å². The summed E-state index contributed by atoms with van der Waals surface area (Å²) in [6.07, 6.45) is 1.45. The average molecular weight is 513 g/mol. The molecule has 0 aliphatic heterocycles. The molecule has 0 radical (unpaired) electrons. The molecule has 0 fully saturated rings. The molecule has 1 amide bonds. The number of ether oxygens (including phenoxy) is 4. The number of esters is 1. The van der Waals surface area contributed by atoms with Crippen LogP contribution in [0, 0.1) is 0 Å². The summed E-state index contributed by atoms with van der Waals surface area (Å²) in [6, 6.07) is 16.7. The highest BCUT2D eigenvalue weighted by Gasteiger charge is 2.18. The highest BCUT2D eigenvalue weighted by molar-refractivity contribution is 9.10. The molecule has 170 valence electrons. The Hall–Kier alpha value is -3.85. The van der Waals surface area contributed by atoms with Gasteiger partial charge in [-0.05, 0) is 57.9 Å². The Balaban J connectivity index is 1.71. The molecule has 8 nitrogen and oxygen atoms in total. The fourth-order valence-corrected chi connectivity index (χ4v) is 3.36. The van der Waals surface area contributed by atoms with Crippen LogP contribution in [0.25, 0.3) is 0 Å². The number of hydrogen-bond acceptors (Lipinski definition) is 7. The first-order chi connectivity index (χ1) is 16.0. The van der Waals surface area contributed by atoms with Crippen molar-refractivity contribution < 1.29 is 28.5 Å². The minimum absolute atomic E-state index is 0.226. The van der Waals surface area contributed by atoms with Gasteiger partial charge in [-0.25, -0.2) is 10.2 Å².